The van der Waals surface area contributed by atoms with Gasteiger partial charge in [-0.25, -0.2) is 0 Å². The van der Waals surface area contributed by atoms with Gasteiger partial charge in [0.25, 0.3) is 0 Å². The van der Waals surface area contributed by atoms with Gasteiger partial charge in [0.2, 0.25) is 5.91 Å². The van der Waals surface area contributed by atoms with Crippen molar-refractivity contribution in [2.24, 2.45) is 0 Å². The molecule has 4 nitrogen and oxygen atoms in total. The van der Waals surface area contributed by atoms with E-state index < -0.39 is 0 Å². The van der Waals surface area contributed by atoms with Crippen molar-refractivity contribution in [2.75, 3.05) is 31.5 Å². The number of carbonyl (C=O) groups is 1. The number of halogens is 2. The Hall–Kier alpha value is -0.810. The van der Waals surface area contributed by atoms with Crippen LogP contribution in [0.5, 0.6) is 0 Å². The lowest BCUT2D eigenvalue weighted by Gasteiger charge is -2.31. The number of hydrogen-bond acceptors (Lipinski definition) is 3. The maximum atomic E-state index is 12.0. The first-order valence-corrected chi connectivity index (χ1v) is 7.01. The fraction of sp³-hybridized carbons (Fsp3) is 0.462. The van der Waals surface area contributed by atoms with Crippen LogP contribution in [-0.2, 0) is 4.79 Å². The fourth-order valence-electron chi connectivity index (χ4n) is 2.16. The van der Waals surface area contributed by atoms with E-state index in [-0.39, 0.29) is 5.91 Å². The van der Waals surface area contributed by atoms with Crippen molar-refractivity contribution < 1.29 is 4.79 Å². The molecule has 1 aliphatic heterocycles. The van der Waals surface area contributed by atoms with E-state index in [4.69, 9.17) is 23.2 Å². The van der Waals surface area contributed by atoms with Crippen molar-refractivity contribution in [1.82, 2.24) is 10.2 Å². The fourth-order valence-corrected chi connectivity index (χ4v) is 2.65. The SMILES string of the molecule is CC1CN(CC(=O)Nc2c(Cl)cccc2Cl)CCN1. The molecule has 1 heterocycles. The zero-order chi connectivity index (χ0) is 13.8. The number of carbonyl (C=O) groups excluding carboxylic acids is 1. The molecule has 1 aliphatic rings. The van der Waals surface area contributed by atoms with Crippen molar-refractivity contribution in [1.29, 1.82) is 0 Å². The minimum atomic E-state index is -0.0934. The van der Waals surface area contributed by atoms with Gasteiger partial charge >= 0.3 is 0 Å². The highest BCUT2D eigenvalue weighted by atomic mass is 35.5. The molecule has 1 aromatic rings. The van der Waals surface area contributed by atoms with Crippen LogP contribution in [0.4, 0.5) is 5.69 Å². The lowest BCUT2D eigenvalue weighted by molar-refractivity contribution is -0.117. The van der Waals surface area contributed by atoms with E-state index in [1.165, 1.54) is 0 Å². The Morgan fingerprint density at radius 2 is 2.16 bits per heavy atom. The monoisotopic (exact) mass is 301 g/mol. The van der Waals surface area contributed by atoms with Crippen molar-refractivity contribution in [3.63, 3.8) is 0 Å². The first-order chi connectivity index (χ1) is 9.06. The molecule has 0 radical (unpaired) electrons. The Morgan fingerprint density at radius 3 is 2.79 bits per heavy atom. The summed E-state index contributed by atoms with van der Waals surface area (Å²) in [6.45, 7) is 5.10. The topological polar surface area (TPSA) is 44.4 Å². The molecular formula is C13H17Cl2N3O. The van der Waals surface area contributed by atoms with Gasteiger partial charge in [-0.05, 0) is 19.1 Å². The molecule has 0 aromatic heterocycles. The normalized spacial score (nSPS) is 20.3. The second-order valence-corrected chi connectivity index (χ2v) is 5.55. The second kappa shape index (κ2) is 6.57. The number of anilines is 1. The minimum Gasteiger partial charge on any atom is -0.322 e. The second-order valence-electron chi connectivity index (χ2n) is 4.74. The van der Waals surface area contributed by atoms with Crippen molar-refractivity contribution in [3.05, 3.63) is 28.2 Å². The number of amides is 1. The summed E-state index contributed by atoms with van der Waals surface area (Å²) in [5, 5.41) is 7.02. The largest absolute Gasteiger partial charge is 0.322 e. The van der Waals surface area contributed by atoms with Gasteiger partial charge < -0.3 is 10.6 Å². The van der Waals surface area contributed by atoms with Crippen LogP contribution in [0.3, 0.4) is 0 Å². The minimum absolute atomic E-state index is 0.0934. The Labute approximate surface area is 123 Å². The Bertz CT molecular complexity index is 447. The molecule has 1 unspecified atom stereocenters. The number of piperazine rings is 1. The Kier molecular flexibility index (Phi) is 5.05. The third-order valence-corrected chi connectivity index (χ3v) is 3.68. The molecule has 0 spiro atoms. The molecule has 0 aliphatic carbocycles. The smallest absolute Gasteiger partial charge is 0.238 e. The highest BCUT2D eigenvalue weighted by Gasteiger charge is 2.18. The predicted octanol–water partition coefficient (Wildman–Crippen LogP) is 2.23. The Morgan fingerprint density at radius 1 is 1.47 bits per heavy atom. The first-order valence-electron chi connectivity index (χ1n) is 6.26. The van der Waals surface area contributed by atoms with Gasteiger partial charge in [-0.3, -0.25) is 9.69 Å². The number of nitrogens with one attached hydrogen (secondary N) is 2. The standard InChI is InChI=1S/C13H17Cl2N3O/c1-9-7-18(6-5-16-9)8-12(19)17-13-10(14)3-2-4-11(13)15/h2-4,9,16H,5-8H2,1H3,(H,17,19). The maximum absolute atomic E-state index is 12.0. The summed E-state index contributed by atoms with van der Waals surface area (Å²) in [4.78, 5) is 14.1. The first kappa shape index (κ1) is 14.6. The molecule has 2 N–H and O–H groups in total. The molecule has 0 saturated carbocycles. The van der Waals surface area contributed by atoms with E-state index in [1.54, 1.807) is 18.2 Å². The summed E-state index contributed by atoms with van der Waals surface area (Å²) in [7, 11) is 0. The zero-order valence-corrected chi connectivity index (χ0v) is 12.3. The molecule has 104 valence electrons. The van der Waals surface area contributed by atoms with Gasteiger partial charge in [-0.2, -0.15) is 0 Å². The summed E-state index contributed by atoms with van der Waals surface area (Å²) in [6, 6.07) is 5.56. The van der Waals surface area contributed by atoms with Crippen LogP contribution >= 0.6 is 23.2 Å². The van der Waals surface area contributed by atoms with Crippen LogP contribution in [0.2, 0.25) is 10.0 Å². The zero-order valence-electron chi connectivity index (χ0n) is 10.7. The van der Waals surface area contributed by atoms with E-state index in [1.807, 2.05) is 0 Å². The average molecular weight is 302 g/mol. The molecule has 6 heteroatoms. The number of rotatable bonds is 3. The molecule has 2 rings (SSSR count). The van der Waals surface area contributed by atoms with E-state index in [0.717, 1.165) is 19.6 Å². The number of hydrogen-bond donors (Lipinski definition) is 2. The summed E-state index contributed by atoms with van der Waals surface area (Å²) in [6.07, 6.45) is 0. The predicted molar refractivity (Wildman–Crippen MR) is 79.0 cm³/mol. The number of benzene rings is 1. The van der Waals surface area contributed by atoms with Crippen LogP contribution in [0.1, 0.15) is 6.92 Å². The van der Waals surface area contributed by atoms with Crippen molar-refractivity contribution in [3.8, 4) is 0 Å². The molecule has 1 atom stereocenters. The molecule has 0 bridgehead atoms. The third kappa shape index (κ3) is 4.08. The quantitative estimate of drug-likeness (QED) is 0.900. The summed E-state index contributed by atoms with van der Waals surface area (Å²) in [5.41, 5.74) is 0.485. The van der Waals surface area contributed by atoms with Crippen LogP contribution in [0.15, 0.2) is 18.2 Å². The van der Waals surface area contributed by atoms with E-state index in [9.17, 15) is 4.79 Å². The highest BCUT2D eigenvalue weighted by Crippen LogP contribution is 2.29. The maximum Gasteiger partial charge on any atom is 0.238 e. The molecule has 19 heavy (non-hydrogen) atoms. The van der Waals surface area contributed by atoms with Gasteiger partial charge in [0.05, 0.1) is 22.3 Å². The molecular weight excluding hydrogens is 285 g/mol. The number of nitrogens with zero attached hydrogens (tertiary/aromatic N) is 1. The van der Waals surface area contributed by atoms with Crippen LogP contribution in [-0.4, -0.2) is 43.0 Å². The lowest BCUT2D eigenvalue weighted by atomic mass is 10.2. The van der Waals surface area contributed by atoms with Gasteiger partial charge in [0.15, 0.2) is 0 Å². The van der Waals surface area contributed by atoms with Crippen LogP contribution in [0, 0.1) is 0 Å². The average Bonchev–Trinajstić information content (AvgIpc) is 2.34. The van der Waals surface area contributed by atoms with Crippen LogP contribution in [0.25, 0.3) is 0 Å². The van der Waals surface area contributed by atoms with Gasteiger partial charge in [-0.1, -0.05) is 29.3 Å². The lowest BCUT2D eigenvalue weighted by Crippen LogP contribution is -2.51. The van der Waals surface area contributed by atoms with E-state index in [0.29, 0.717) is 28.3 Å². The van der Waals surface area contributed by atoms with Gasteiger partial charge in [0.1, 0.15) is 0 Å². The molecule has 1 saturated heterocycles. The Balaban J connectivity index is 1.94. The molecule has 1 amide bonds. The van der Waals surface area contributed by atoms with Gasteiger partial charge in [0, 0.05) is 25.7 Å². The van der Waals surface area contributed by atoms with E-state index in [2.05, 4.69) is 22.5 Å². The highest BCUT2D eigenvalue weighted by molar-refractivity contribution is 6.39. The van der Waals surface area contributed by atoms with E-state index >= 15 is 0 Å². The summed E-state index contributed by atoms with van der Waals surface area (Å²) >= 11 is 12.0. The molecule has 1 fully saturated rings. The third-order valence-electron chi connectivity index (χ3n) is 3.05. The van der Waals surface area contributed by atoms with Crippen molar-refractivity contribution in [2.45, 2.75) is 13.0 Å². The molecule has 1 aromatic carbocycles. The summed E-state index contributed by atoms with van der Waals surface area (Å²) in [5.74, 6) is -0.0934. The van der Waals surface area contributed by atoms with Crippen molar-refractivity contribution >= 4 is 34.8 Å². The number of para-hydroxylation sites is 1. The summed E-state index contributed by atoms with van der Waals surface area (Å²) < 4.78 is 0. The van der Waals surface area contributed by atoms with Gasteiger partial charge in [-0.15, -0.1) is 0 Å². The van der Waals surface area contributed by atoms with Crippen LogP contribution < -0.4 is 10.6 Å².